The van der Waals surface area contributed by atoms with Crippen LogP contribution in [0.5, 0.6) is 0 Å². The Hall–Kier alpha value is -0.910. The molecular formula is C33H64NO3S+. The van der Waals surface area contributed by atoms with Crippen LogP contribution >= 0.6 is 0 Å². The monoisotopic (exact) mass is 554 g/mol. The van der Waals surface area contributed by atoms with Crippen molar-refractivity contribution in [3.05, 3.63) is 29.8 Å². The van der Waals surface area contributed by atoms with Crippen molar-refractivity contribution in [1.29, 1.82) is 0 Å². The molecule has 0 aliphatic carbocycles. The molecule has 0 aliphatic heterocycles. The summed E-state index contributed by atoms with van der Waals surface area (Å²) in [7, 11) is 2.76. The lowest BCUT2D eigenvalue weighted by molar-refractivity contribution is -0.870. The molecule has 0 saturated heterocycles. The number of benzene rings is 1. The van der Waals surface area contributed by atoms with Gasteiger partial charge < -0.3 is 4.48 Å². The molecule has 0 aromatic heterocycles. The van der Waals surface area contributed by atoms with Gasteiger partial charge in [-0.1, -0.05) is 141 Å². The second kappa shape index (κ2) is 23.9. The summed E-state index contributed by atoms with van der Waals surface area (Å²) in [6.45, 7) is 5.85. The molecule has 0 spiro atoms. The first kappa shape index (κ1) is 37.1. The van der Waals surface area contributed by atoms with Gasteiger partial charge >= 0.3 is 0 Å². The molecule has 5 heteroatoms. The highest BCUT2D eigenvalue weighted by atomic mass is 32.2. The summed E-state index contributed by atoms with van der Waals surface area (Å²) in [6, 6.07) is 6.73. The van der Waals surface area contributed by atoms with E-state index in [1.54, 1.807) is 12.1 Å². The third kappa shape index (κ3) is 24.2. The van der Waals surface area contributed by atoms with Gasteiger partial charge in [0, 0.05) is 0 Å². The van der Waals surface area contributed by atoms with Crippen LogP contribution in [-0.4, -0.2) is 45.1 Å². The van der Waals surface area contributed by atoms with Crippen LogP contribution in [0.3, 0.4) is 0 Å². The first-order valence-electron chi connectivity index (χ1n) is 16.0. The van der Waals surface area contributed by atoms with Crippen LogP contribution in [0, 0.1) is 0 Å². The number of unbranched alkanes of at least 4 members (excludes halogenated alkanes) is 18. The zero-order chi connectivity index (χ0) is 28.5. The van der Waals surface area contributed by atoms with Gasteiger partial charge in [-0.05, 0) is 37.3 Å². The Morgan fingerprint density at radius 2 is 0.947 bits per heavy atom. The van der Waals surface area contributed by atoms with Crippen LogP contribution in [0.15, 0.2) is 29.2 Å². The smallest absolute Gasteiger partial charge is 0.294 e. The summed E-state index contributed by atoms with van der Waals surface area (Å²) in [5.41, 5.74) is 0.726. The highest BCUT2D eigenvalue weighted by Gasteiger charge is 2.13. The molecular weight excluding hydrogens is 490 g/mol. The highest BCUT2D eigenvalue weighted by Crippen LogP contribution is 2.18. The topological polar surface area (TPSA) is 54.4 Å². The lowest BCUT2D eigenvalue weighted by Gasteiger charge is -2.23. The fraction of sp³-hybridized carbons (Fsp3) is 0.818. The molecule has 1 aromatic carbocycles. The minimum atomic E-state index is -4.10. The number of nitrogens with zero attached hydrogens (tertiary/aromatic N) is 1. The van der Waals surface area contributed by atoms with E-state index in [1.807, 2.05) is 6.07 Å². The standard InChI is InChI=1S/C18H30O3S.C15H34N/c1-2-3-4-5-6-7-8-9-10-11-14-17-15-12-13-16-18(17)22(19,20)21;1-5-6-7-8-9-10-11-12-13-14-15-16(2,3)4/h12-13,15-16H,2-11,14H2,1H3,(H,19,20,21);5-15H2,1-4H3/q;+1. The predicted molar refractivity (Wildman–Crippen MR) is 167 cm³/mol. The Balaban J connectivity index is 0.000000761. The Morgan fingerprint density at radius 1 is 0.579 bits per heavy atom. The van der Waals surface area contributed by atoms with E-state index in [9.17, 15) is 13.0 Å². The Kier molecular flexibility index (Phi) is 23.4. The van der Waals surface area contributed by atoms with Crippen molar-refractivity contribution in [3.63, 3.8) is 0 Å². The molecule has 0 unspecified atom stereocenters. The lowest BCUT2D eigenvalue weighted by Crippen LogP contribution is -2.35. The van der Waals surface area contributed by atoms with Crippen molar-refractivity contribution in [2.75, 3.05) is 27.7 Å². The summed E-state index contributed by atoms with van der Waals surface area (Å²) >= 11 is 0. The van der Waals surface area contributed by atoms with Gasteiger partial charge in [0.1, 0.15) is 0 Å². The fourth-order valence-electron chi connectivity index (χ4n) is 4.84. The van der Waals surface area contributed by atoms with Crippen LogP contribution in [0.25, 0.3) is 0 Å². The minimum absolute atomic E-state index is 0.0610. The second-order valence-corrected chi connectivity index (χ2v) is 13.6. The number of hydrogen-bond acceptors (Lipinski definition) is 2. The molecule has 0 bridgehead atoms. The predicted octanol–water partition coefficient (Wildman–Crippen LogP) is 10.0. The number of quaternary nitrogens is 1. The maximum atomic E-state index is 11.3. The Labute approximate surface area is 238 Å². The summed E-state index contributed by atoms with van der Waals surface area (Å²) in [5, 5.41) is 0. The molecule has 0 radical (unpaired) electrons. The Morgan fingerprint density at radius 3 is 1.34 bits per heavy atom. The van der Waals surface area contributed by atoms with E-state index in [0.717, 1.165) is 22.9 Å². The maximum Gasteiger partial charge on any atom is 0.294 e. The highest BCUT2D eigenvalue weighted by molar-refractivity contribution is 7.85. The summed E-state index contributed by atoms with van der Waals surface area (Å²) in [5.74, 6) is 0. The average molecular weight is 555 g/mol. The largest absolute Gasteiger partial charge is 0.331 e. The van der Waals surface area contributed by atoms with E-state index < -0.39 is 10.1 Å². The van der Waals surface area contributed by atoms with Gasteiger partial charge in [0.25, 0.3) is 10.1 Å². The van der Waals surface area contributed by atoms with E-state index in [0.29, 0.717) is 6.42 Å². The normalized spacial score (nSPS) is 11.8. The van der Waals surface area contributed by atoms with Crippen molar-refractivity contribution in [1.82, 2.24) is 0 Å². The molecule has 0 amide bonds. The molecule has 1 rings (SSSR count). The number of aryl methyl sites for hydroxylation is 1. The zero-order valence-corrected chi connectivity index (χ0v) is 26.8. The van der Waals surface area contributed by atoms with Crippen LogP contribution < -0.4 is 0 Å². The molecule has 1 N–H and O–H groups in total. The van der Waals surface area contributed by atoms with Crippen LogP contribution in [-0.2, 0) is 16.5 Å². The van der Waals surface area contributed by atoms with Crippen molar-refractivity contribution in [2.24, 2.45) is 0 Å². The van der Waals surface area contributed by atoms with Crippen molar-refractivity contribution in [3.8, 4) is 0 Å². The van der Waals surface area contributed by atoms with Gasteiger partial charge in [-0.3, -0.25) is 4.55 Å². The molecule has 1 aromatic rings. The third-order valence-corrected chi connectivity index (χ3v) is 8.19. The van der Waals surface area contributed by atoms with Gasteiger partial charge in [-0.25, -0.2) is 0 Å². The Bertz CT molecular complexity index is 756. The average Bonchev–Trinajstić information content (AvgIpc) is 2.86. The van der Waals surface area contributed by atoms with Gasteiger partial charge in [-0.2, -0.15) is 8.42 Å². The van der Waals surface area contributed by atoms with E-state index >= 15 is 0 Å². The first-order valence-corrected chi connectivity index (χ1v) is 17.4. The quantitative estimate of drug-likeness (QED) is 0.0831. The second-order valence-electron chi connectivity index (χ2n) is 12.2. The van der Waals surface area contributed by atoms with E-state index in [2.05, 4.69) is 35.0 Å². The lowest BCUT2D eigenvalue weighted by atomic mass is 10.0. The first-order chi connectivity index (χ1) is 18.1. The minimum Gasteiger partial charge on any atom is -0.331 e. The van der Waals surface area contributed by atoms with Crippen molar-refractivity contribution in [2.45, 2.75) is 154 Å². The van der Waals surface area contributed by atoms with Gasteiger partial charge in [-0.15, -0.1) is 0 Å². The molecule has 4 nitrogen and oxygen atoms in total. The summed E-state index contributed by atoms with van der Waals surface area (Å²) in [4.78, 5) is 0.0610. The number of rotatable bonds is 23. The maximum absolute atomic E-state index is 11.3. The molecule has 0 aliphatic rings. The SMILES string of the molecule is CCCCCCCCCCCC[N+](C)(C)C.CCCCCCCCCCCCc1ccccc1S(=O)(=O)O. The summed E-state index contributed by atoms with van der Waals surface area (Å²) < 4.78 is 32.9. The van der Waals surface area contributed by atoms with Gasteiger partial charge in [0.2, 0.25) is 0 Å². The van der Waals surface area contributed by atoms with Gasteiger partial charge in [0.05, 0.1) is 32.6 Å². The zero-order valence-electron chi connectivity index (χ0n) is 26.0. The van der Waals surface area contributed by atoms with Gasteiger partial charge in [0.15, 0.2) is 0 Å². The fourth-order valence-corrected chi connectivity index (χ4v) is 5.59. The molecule has 0 heterocycles. The van der Waals surface area contributed by atoms with E-state index in [4.69, 9.17) is 0 Å². The molecule has 224 valence electrons. The summed E-state index contributed by atoms with van der Waals surface area (Å²) in [6.07, 6.45) is 27.7. The van der Waals surface area contributed by atoms with Crippen molar-refractivity contribution >= 4 is 10.1 Å². The van der Waals surface area contributed by atoms with E-state index in [-0.39, 0.29) is 4.90 Å². The number of hydrogen-bond donors (Lipinski definition) is 1. The molecule has 0 atom stereocenters. The third-order valence-electron chi connectivity index (χ3n) is 7.23. The van der Waals surface area contributed by atoms with Crippen LogP contribution in [0.1, 0.15) is 148 Å². The van der Waals surface area contributed by atoms with Crippen LogP contribution in [0.2, 0.25) is 0 Å². The molecule has 38 heavy (non-hydrogen) atoms. The molecule has 0 saturated carbocycles. The van der Waals surface area contributed by atoms with Crippen molar-refractivity contribution < 1.29 is 17.5 Å². The van der Waals surface area contributed by atoms with Crippen LogP contribution in [0.4, 0.5) is 0 Å². The molecule has 0 fully saturated rings. The van der Waals surface area contributed by atoms with E-state index in [1.165, 1.54) is 128 Å².